The molecule has 0 bridgehead atoms. The third-order valence-electron chi connectivity index (χ3n) is 4.93. The van der Waals surface area contributed by atoms with Gasteiger partial charge in [-0.1, -0.05) is 35.9 Å². The first-order chi connectivity index (χ1) is 14.1. The Bertz CT molecular complexity index is 1340. The summed E-state index contributed by atoms with van der Waals surface area (Å²) in [6, 6.07) is 14.6. The smallest absolute Gasteiger partial charge is 0.296 e. The average Bonchev–Trinajstić information content (AvgIpc) is 3.02. The molecule has 1 aliphatic heterocycles. The molecule has 7 heteroatoms. The summed E-state index contributed by atoms with van der Waals surface area (Å²) in [5.41, 5.74) is 0.0601. The molecule has 0 N–H and O–H groups in total. The van der Waals surface area contributed by atoms with Crippen molar-refractivity contribution in [3.8, 4) is 0 Å². The van der Waals surface area contributed by atoms with Crippen LogP contribution >= 0.6 is 11.6 Å². The Labute approximate surface area is 169 Å². The van der Waals surface area contributed by atoms with Gasteiger partial charge in [-0.05, 0) is 36.4 Å². The van der Waals surface area contributed by atoms with Gasteiger partial charge in [0.15, 0.2) is 5.43 Å². The van der Waals surface area contributed by atoms with E-state index in [1.165, 1.54) is 29.3 Å². The largest absolute Gasteiger partial charge is 0.450 e. The van der Waals surface area contributed by atoms with E-state index < -0.39 is 23.2 Å². The van der Waals surface area contributed by atoms with E-state index >= 15 is 0 Å². The third kappa shape index (κ3) is 2.64. The lowest BCUT2D eigenvalue weighted by molar-refractivity contribution is 0.0970. The van der Waals surface area contributed by atoms with E-state index in [4.69, 9.17) is 16.0 Å². The minimum absolute atomic E-state index is 0.0699. The first kappa shape index (κ1) is 17.6. The number of pyridine rings is 1. The molecule has 0 saturated heterocycles. The molecule has 0 aliphatic carbocycles. The van der Waals surface area contributed by atoms with Crippen LogP contribution in [-0.4, -0.2) is 10.9 Å². The molecule has 5 rings (SSSR count). The number of carbonyl (C=O) groups excluding carboxylic acids is 1. The number of aromatic nitrogens is 1. The van der Waals surface area contributed by atoms with Crippen molar-refractivity contribution in [3.05, 3.63) is 105 Å². The molecule has 2 aromatic heterocycles. The summed E-state index contributed by atoms with van der Waals surface area (Å²) in [5, 5.41) is 0.589. The Kier molecular flexibility index (Phi) is 3.96. The third-order valence-corrected chi connectivity index (χ3v) is 5.16. The van der Waals surface area contributed by atoms with Gasteiger partial charge in [-0.25, -0.2) is 9.37 Å². The number of carbonyl (C=O) groups is 1. The van der Waals surface area contributed by atoms with Crippen LogP contribution in [0, 0.1) is 5.82 Å². The highest BCUT2D eigenvalue weighted by Gasteiger charge is 2.45. The second-order valence-corrected chi connectivity index (χ2v) is 7.04. The Morgan fingerprint density at radius 3 is 2.59 bits per heavy atom. The lowest BCUT2D eigenvalue weighted by Crippen LogP contribution is -2.30. The molecular weight excluding hydrogens is 395 g/mol. The highest BCUT2D eigenvalue weighted by atomic mass is 35.5. The number of hydrogen-bond acceptors (Lipinski definition) is 4. The summed E-state index contributed by atoms with van der Waals surface area (Å²) in [6.07, 6.45) is 1.52. The summed E-state index contributed by atoms with van der Waals surface area (Å²) in [4.78, 5) is 32.1. The molecule has 0 spiro atoms. The van der Waals surface area contributed by atoms with Crippen LogP contribution in [0.1, 0.15) is 27.7 Å². The lowest BCUT2D eigenvalue weighted by atomic mass is 9.98. The average molecular weight is 407 g/mol. The predicted octanol–water partition coefficient (Wildman–Crippen LogP) is 4.73. The van der Waals surface area contributed by atoms with E-state index in [-0.39, 0.29) is 27.9 Å². The van der Waals surface area contributed by atoms with Crippen molar-refractivity contribution >= 4 is 34.3 Å². The number of anilines is 1. The van der Waals surface area contributed by atoms with Gasteiger partial charge in [0.2, 0.25) is 5.76 Å². The van der Waals surface area contributed by atoms with Crippen LogP contribution in [0.2, 0.25) is 5.02 Å². The molecule has 0 fully saturated rings. The van der Waals surface area contributed by atoms with Gasteiger partial charge in [0.1, 0.15) is 17.2 Å². The minimum Gasteiger partial charge on any atom is -0.450 e. The van der Waals surface area contributed by atoms with Gasteiger partial charge in [0.25, 0.3) is 5.91 Å². The number of hydrogen-bond donors (Lipinski definition) is 0. The van der Waals surface area contributed by atoms with Gasteiger partial charge in [0.05, 0.1) is 17.0 Å². The topological polar surface area (TPSA) is 63.4 Å². The number of nitrogens with zero attached hydrogens (tertiary/aromatic N) is 2. The normalized spacial score (nSPS) is 15.7. The molecule has 1 atom stereocenters. The lowest BCUT2D eigenvalue weighted by Gasteiger charge is -2.24. The maximum Gasteiger partial charge on any atom is 0.296 e. The van der Waals surface area contributed by atoms with Crippen LogP contribution in [0.15, 0.2) is 76.1 Å². The molecule has 0 saturated carbocycles. The SMILES string of the molecule is O=C1c2oc3ccc(Cl)cc3c(=O)c2C(c2ccccc2F)N1c1ccccn1. The van der Waals surface area contributed by atoms with Crippen molar-refractivity contribution in [2.75, 3.05) is 4.90 Å². The highest BCUT2D eigenvalue weighted by Crippen LogP contribution is 2.41. The van der Waals surface area contributed by atoms with Crippen LogP contribution in [0.3, 0.4) is 0 Å². The molecule has 3 heterocycles. The number of halogens is 2. The van der Waals surface area contributed by atoms with E-state index in [1.54, 1.807) is 42.5 Å². The maximum absolute atomic E-state index is 14.7. The summed E-state index contributed by atoms with van der Waals surface area (Å²) in [5.74, 6) is -0.923. The highest BCUT2D eigenvalue weighted by molar-refractivity contribution is 6.31. The van der Waals surface area contributed by atoms with Crippen LogP contribution in [0.4, 0.5) is 10.2 Å². The van der Waals surface area contributed by atoms with Crippen LogP contribution in [0.25, 0.3) is 11.0 Å². The van der Waals surface area contributed by atoms with Gasteiger partial charge < -0.3 is 4.42 Å². The zero-order valence-electron chi connectivity index (χ0n) is 14.8. The Balaban J connectivity index is 1.86. The fourth-order valence-electron chi connectivity index (χ4n) is 3.67. The standard InChI is InChI=1S/C22H12ClFN2O3/c23-12-8-9-16-14(11-12)20(27)18-19(13-5-1-2-6-15(13)24)26(22(28)21(18)29-16)17-7-3-4-10-25-17/h1-11,19H. The van der Waals surface area contributed by atoms with Gasteiger partial charge in [-0.15, -0.1) is 0 Å². The number of amides is 1. The number of fused-ring (bicyclic) bond motifs is 2. The zero-order valence-corrected chi connectivity index (χ0v) is 15.6. The molecule has 1 aliphatic rings. The van der Waals surface area contributed by atoms with Crippen molar-refractivity contribution in [2.24, 2.45) is 0 Å². The van der Waals surface area contributed by atoms with E-state index in [2.05, 4.69) is 4.98 Å². The molecule has 5 nitrogen and oxygen atoms in total. The quantitative estimate of drug-likeness (QED) is 0.482. The fourth-order valence-corrected chi connectivity index (χ4v) is 3.84. The Morgan fingerprint density at radius 2 is 1.83 bits per heavy atom. The summed E-state index contributed by atoms with van der Waals surface area (Å²) < 4.78 is 20.5. The van der Waals surface area contributed by atoms with Crippen molar-refractivity contribution in [1.29, 1.82) is 0 Å². The van der Waals surface area contributed by atoms with E-state index in [1.807, 2.05) is 0 Å². The molecule has 2 aromatic carbocycles. The summed E-state index contributed by atoms with van der Waals surface area (Å²) in [7, 11) is 0. The van der Waals surface area contributed by atoms with Gasteiger partial charge >= 0.3 is 0 Å². The molecule has 142 valence electrons. The number of rotatable bonds is 2. The number of benzene rings is 2. The first-order valence-corrected chi connectivity index (χ1v) is 9.19. The molecule has 4 aromatic rings. The van der Waals surface area contributed by atoms with Crippen molar-refractivity contribution in [1.82, 2.24) is 4.98 Å². The fraction of sp³-hybridized carbons (Fsp3) is 0.0455. The van der Waals surface area contributed by atoms with Crippen LogP contribution in [0.5, 0.6) is 0 Å². The minimum atomic E-state index is -1.01. The van der Waals surface area contributed by atoms with Crippen LogP contribution in [-0.2, 0) is 0 Å². The summed E-state index contributed by atoms with van der Waals surface area (Å²) >= 11 is 6.05. The molecule has 1 unspecified atom stereocenters. The molecule has 1 amide bonds. The van der Waals surface area contributed by atoms with E-state index in [0.29, 0.717) is 10.8 Å². The van der Waals surface area contributed by atoms with Crippen molar-refractivity contribution in [3.63, 3.8) is 0 Å². The van der Waals surface area contributed by atoms with Crippen molar-refractivity contribution < 1.29 is 13.6 Å². The van der Waals surface area contributed by atoms with Gasteiger partial charge in [0, 0.05) is 16.8 Å². The first-order valence-electron chi connectivity index (χ1n) is 8.81. The zero-order chi connectivity index (χ0) is 20.1. The second-order valence-electron chi connectivity index (χ2n) is 6.60. The Morgan fingerprint density at radius 1 is 1.03 bits per heavy atom. The van der Waals surface area contributed by atoms with Gasteiger partial charge in [-0.2, -0.15) is 0 Å². The van der Waals surface area contributed by atoms with Crippen LogP contribution < -0.4 is 10.3 Å². The Hall–Kier alpha value is -3.51. The molecule has 29 heavy (non-hydrogen) atoms. The predicted molar refractivity (Wildman–Crippen MR) is 107 cm³/mol. The summed E-state index contributed by atoms with van der Waals surface area (Å²) in [6.45, 7) is 0. The second kappa shape index (κ2) is 6.53. The van der Waals surface area contributed by atoms with Crippen molar-refractivity contribution in [2.45, 2.75) is 6.04 Å². The van der Waals surface area contributed by atoms with E-state index in [9.17, 15) is 14.0 Å². The monoisotopic (exact) mass is 406 g/mol. The molecular formula is C22H12ClFN2O3. The molecule has 0 radical (unpaired) electrons. The maximum atomic E-state index is 14.7. The van der Waals surface area contributed by atoms with Gasteiger partial charge in [-0.3, -0.25) is 14.5 Å². The van der Waals surface area contributed by atoms with E-state index in [0.717, 1.165) is 0 Å².